The van der Waals surface area contributed by atoms with Crippen molar-refractivity contribution in [3.05, 3.63) is 59.2 Å². The summed E-state index contributed by atoms with van der Waals surface area (Å²) in [7, 11) is 1.73. The minimum absolute atomic E-state index is 0.192. The van der Waals surface area contributed by atoms with Gasteiger partial charge in [-0.25, -0.2) is 5.01 Å². The molecular formula is C25H31N3O2. The van der Waals surface area contributed by atoms with Crippen molar-refractivity contribution in [1.82, 2.24) is 9.91 Å². The van der Waals surface area contributed by atoms with Gasteiger partial charge >= 0.3 is 0 Å². The van der Waals surface area contributed by atoms with Crippen LogP contribution in [0, 0.1) is 6.92 Å². The molecule has 0 saturated carbocycles. The fourth-order valence-corrected chi connectivity index (χ4v) is 5.12. The summed E-state index contributed by atoms with van der Waals surface area (Å²) in [4.78, 5) is 2.54. The van der Waals surface area contributed by atoms with E-state index in [0.29, 0.717) is 0 Å². The van der Waals surface area contributed by atoms with Crippen molar-refractivity contribution in [1.29, 1.82) is 0 Å². The van der Waals surface area contributed by atoms with Crippen molar-refractivity contribution >= 4 is 5.71 Å². The normalized spacial score (nSPS) is 22.3. The van der Waals surface area contributed by atoms with Gasteiger partial charge in [-0.1, -0.05) is 48.9 Å². The second-order valence-corrected chi connectivity index (χ2v) is 8.75. The number of hydrogen-bond donors (Lipinski definition) is 0. The molecule has 0 bridgehead atoms. The Hall–Kier alpha value is -2.53. The molecular weight excluding hydrogens is 374 g/mol. The fourth-order valence-electron chi connectivity index (χ4n) is 5.12. The number of nitrogens with zero attached hydrogens (tertiary/aromatic N) is 3. The Morgan fingerprint density at radius 3 is 2.60 bits per heavy atom. The molecule has 3 aliphatic heterocycles. The van der Waals surface area contributed by atoms with E-state index in [1.165, 1.54) is 23.1 Å². The molecule has 0 aliphatic carbocycles. The van der Waals surface area contributed by atoms with Crippen molar-refractivity contribution in [3.63, 3.8) is 0 Å². The molecule has 1 spiro atoms. The molecule has 0 radical (unpaired) electrons. The standard InChI is InChI=1S/C25H31N3O2/c1-4-14-27-15-12-25(13-16-27)28-22(20-6-5-7-23(29-3)24(20)30-25)17-21(26-28)19-10-8-18(2)9-11-19/h5-11,22H,4,12-17H2,1-3H3/t22-/m0/s1. The maximum atomic E-state index is 6.79. The van der Waals surface area contributed by atoms with Gasteiger partial charge in [0, 0.05) is 37.9 Å². The minimum Gasteiger partial charge on any atom is -0.493 e. The van der Waals surface area contributed by atoms with Crippen molar-refractivity contribution in [2.45, 2.75) is 51.3 Å². The summed E-state index contributed by atoms with van der Waals surface area (Å²) < 4.78 is 12.5. The predicted molar refractivity (Wildman–Crippen MR) is 119 cm³/mol. The number of aryl methyl sites for hydroxylation is 1. The van der Waals surface area contributed by atoms with Gasteiger partial charge in [0.25, 0.3) is 0 Å². The molecule has 0 aromatic heterocycles. The second kappa shape index (κ2) is 7.62. The molecule has 0 amide bonds. The zero-order chi connectivity index (χ0) is 20.7. The van der Waals surface area contributed by atoms with Gasteiger partial charge in [-0.3, -0.25) is 0 Å². The molecule has 5 heteroatoms. The van der Waals surface area contributed by atoms with Gasteiger partial charge in [-0.15, -0.1) is 0 Å². The van der Waals surface area contributed by atoms with Crippen molar-refractivity contribution in [2.24, 2.45) is 5.10 Å². The molecule has 3 heterocycles. The van der Waals surface area contributed by atoms with Crippen LogP contribution < -0.4 is 9.47 Å². The van der Waals surface area contributed by atoms with Gasteiger partial charge in [-0.05, 0) is 31.5 Å². The highest BCUT2D eigenvalue weighted by atomic mass is 16.5. The number of rotatable bonds is 4. The van der Waals surface area contributed by atoms with E-state index in [1.54, 1.807) is 7.11 Å². The smallest absolute Gasteiger partial charge is 0.200 e. The fraction of sp³-hybridized carbons (Fsp3) is 0.480. The SMILES string of the molecule is CCCN1CCC2(CC1)Oc1c(OC)cccc1[C@@H]1CC(c3ccc(C)cc3)=NN12. The maximum Gasteiger partial charge on any atom is 0.200 e. The first-order chi connectivity index (χ1) is 14.6. The van der Waals surface area contributed by atoms with Gasteiger partial charge in [0.15, 0.2) is 11.5 Å². The van der Waals surface area contributed by atoms with Crippen LogP contribution in [0.2, 0.25) is 0 Å². The summed E-state index contributed by atoms with van der Waals surface area (Å²) in [5, 5.41) is 7.46. The van der Waals surface area contributed by atoms with Gasteiger partial charge in [0.1, 0.15) is 0 Å². The highest BCUT2D eigenvalue weighted by molar-refractivity contribution is 6.02. The number of hydrazone groups is 1. The molecule has 2 aromatic rings. The Bertz CT molecular complexity index is 945. The molecule has 0 N–H and O–H groups in total. The van der Waals surface area contributed by atoms with E-state index in [0.717, 1.165) is 56.1 Å². The number of benzene rings is 2. The molecule has 2 aromatic carbocycles. The highest BCUT2D eigenvalue weighted by Crippen LogP contribution is 2.52. The summed E-state index contributed by atoms with van der Waals surface area (Å²) in [6.07, 6.45) is 3.98. The third-order valence-corrected chi connectivity index (χ3v) is 6.77. The van der Waals surface area contributed by atoms with Gasteiger partial charge in [0.2, 0.25) is 5.72 Å². The topological polar surface area (TPSA) is 37.3 Å². The molecule has 1 fully saturated rings. The van der Waals surface area contributed by atoms with Crippen LogP contribution >= 0.6 is 0 Å². The van der Waals surface area contributed by atoms with E-state index < -0.39 is 5.72 Å². The summed E-state index contributed by atoms with van der Waals surface area (Å²) in [6, 6.07) is 15.1. The Labute approximate surface area is 179 Å². The van der Waals surface area contributed by atoms with E-state index in [9.17, 15) is 0 Å². The number of piperidine rings is 1. The number of methoxy groups -OCH3 is 1. The zero-order valence-electron chi connectivity index (χ0n) is 18.2. The van der Waals surface area contributed by atoms with Gasteiger partial charge in [-0.2, -0.15) is 5.10 Å². The van der Waals surface area contributed by atoms with Crippen LogP contribution in [-0.2, 0) is 0 Å². The lowest BCUT2D eigenvalue weighted by Crippen LogP contribution is -2.59. The van der Waals surface area contributed by atoms with Crippen LogP contribution in [-0.4, -0.2) is 48.1 Å². The van der Waals surface area contributed by atoms with Gasteiger partial charge < -0.3 is 14.4 Å². The van der Waals surface area contributed by atoms with Crippen molar-refractivity contribution < 1.29 is 9.47 Å². The van der Waals surface area contributed by atoms with Crippen LogP contribution in [0.15, 0.2) is 47.6 Å². The summed E-state index contributed by atoms with van der Waals surface area (Å²) in [5.74, 6) is 1.73. The Morgan fingerprint density at radius 1 is 1.13 bits per heavy atom. The lowest BCUT2D eigenvalue weighted by Gasteiger charge is -2.51. The maximum absolute atomic E-state index is 6.79. The predicted octanol–water partition coefficient (Wildman–Crippen LogP) is 4.75. The lowest BCUT2D eigenvalue weighted by molar-refractivity contribution is -0.150. The minimum atomic E-state index is -0.400. The Morgan fingerprint density at radius 2 is 1.90 bits per heavy atom. The van der Waals surface area contributed by atoms with Crippen LogP contribution in [0.25, 0.3) is 0 Å². The number of para-hydroxylation sites is 1. The first-order valence-electron chi connectivity index (χ1n) is 11.2. The summed E-state index contributed by atoms with van der Waals surface area (Å²) >= 11 is 0. The average molecular weight is 406 g/mol. The largest absolute Gasteiger partial charge is 0.493 e. The molecule has 5 nitrogen and oxygen atoms in total. The van der Waals surface area contributed by atoms with E-state index in [-0.39, 0.29) is 6.04 Å². The van der Waals surface area contributed by atoms with E-state index in [4.69, 9.17) is 14.6 Å². The first-order valence-corrected chi connectivity index (χ1v) is 11.2. The zero-order valence-corrected chi connectivity index (χ0v) is 18.2. The summed E-state index contributed by atoms with van der Waals surface area (Å²) in [5.41, 5.74) is 4.41. The van der Waals surface area contributed by atoms with Crippen molar-refractivity contribution in [2.75, 3.05) is 26.7 Å². The lowest BCUT2D eigenvalue weighted by atomic mass is 9.90. The molecule has 5 rings (SSSR count). The van der Waals surface area contributed by atoms with Crippen LogP contribution in [0.3, 0.4) is 0 Å². The number of likely N-dealkylation sites (tertiary alicyclic amines) is 1. The number of fused-ring (bicyclic) bond motifs is 4. The molecule has 1 atom stereocenters. The highest BCUT2D eigenvalue weighted by Gasteiger charge is 2.52. The monoisotopic (exact) mass is 405 g/mol. The first kappa shape index (κ1) is 19.4. The summed E-state index contributed by atoms with van der Waals surface area (Å²) in [6.45, 7) is 7.60. The second-order valence-electron chi connectivity index (χ2n) is 8.75. The quantitative estimate of drug-likeness (QED) is 0.736. The van der Waals surface area contributed by atoms with E-state index in [2.05, 4.69) is 60.2 Å². The van der Waals surface area contributed by atoms with E-state index in [1.807, 2.05) is 6.07 Å². The third-order valence-electron chi connectivity index (χ3n) is 6.77. The third kappa shape index (κ3) is 3.16. The number of ether oxygens (including phenoxy) is 2. The van der Waals surface area contributed by atoms with E-state index >= 15 is 0 Å². The molecule has 30 heavy (non-hydrogen) atoms. The van der Waals surface area contributed by atoms with Crippen LogP contribution in [0.1, 0.15) is 55.3 Å². The Balaban J connectivity index is 1.54. The van der Waals surface area contributed by atoms with Crippen LogP contribution in [0.5, 0.6) is 11.5 Å². The molecule has 1 saturated heterocycles. The van der Waals surface area contributed by atoms with Crippen molar-refractivity contribution in [3.8, 4) is 11.5 Å². The molecule has 0 unspecified atom stereocenters. The molecule has 3 aliphatic rings. The van der Waals surface area contributed by atoms with Crippen LogP contribution in [0.4, 0.5) is 0 Å². The van der Waals surface area contributed by atoms with Gasteiger partial charge in [0.05, 0.1) is 18.9 Å². The average Bonchev–Trinajstić information content (AvgIpc) is 3.23. The Kier molecular flexibility index (Phi) is 4.94. The molecule has 158 valence electrons. The number of hydrogen-bond acceptors (Lipinski definition) is 5.